The first kappa shape index (κ1) is 16.7. The number of sulfonamides is 1. The van der Waals surface area contributed by atoms with E-state index >= 15 is 0 Å². The highest BCUT2D eigenvalue weighted by atomic mass is 32.2. The second-order valence-electron chi connectivity index (χ2n) is 6.65. The molecule has 0 N–H and O–H groups in total. The third-order valence-corrected chi connectivity index (χ3v) is 5.49. The van der Waals surface area contributed by atoms with E-state index in [1.807, 2.05) is 18.2 Å². The largest absolute Gasteiger partial charge is 0.242 e. The summed E-state index contributed by atoms with van der Waals surface area (Å²) >= 11 is 0. The standard InChI is InChI=1S/C18H23NO2S/c1-18(2,3)16-10-6-8-14(12-16)15-9-7-11-17(13-15)22(20,21)19(4)5/h6-13H,1-5H3. The summed E-state index contributed by atoms with van der Waals surface area (Å²) in [6, 6.07) is 15.3. The van der Waals surface area contributed by atoms with Gasteiger partial charge in [0.15, 0.2) is 0 Å². The average Bonchev–Trinajstić information content (AvgIpc) is 2.46. The normalized spacial score (nSPS) is 12.6. The zero-order valence-corrected chi connectivity index (χ0v) is 14.6. The van der Waals surface area contributed by atoms with E-state index in [-0.39, 0.29) is 5.41 Å². The number of benzene rings is 2. The maximum atomic E-state index is 12.3. The van der Waals surface area contributed by atoms with Crippen LogP contribution in [0.25, 0.3) is 11.1 Å². The van der Waals surface area contributed by atoms with Crippen LogP contribution in [0.3, 0.4) is 0 Å². The molecular weight excluding hydrogens is 294 g/mol. The molecule has 118 valence electrons. The molecule has 0 saturated carbocycles. The van der Waals surface area contributed by atoms with Crippen LogP contribution in [0.2, 0.25) is 0 Å². The number of rotatable bonds is 3. The van der Waals surface area contributed by atoms with Crippen LogP contribution in [-0.4, -0.2) is 26.8 Å². The van der Waals surface area contributed by atoms with Crippen molar-refractivity contribution in [3.05, 3.63) is 54.1 Å². The molecule has 0 heterocycles. The van der Waals surface area contributed by atoms with Crippen LogP contribution in [0.15, 0.2) is 53.4 Å². The smallest absolute Gasteiger partial charge is 0.207 e. The van der Waals surface area contributed by atoms with Gasteiger partial charge in [-0.2, -0.15) is 0 Å². The first-order chi connectivity index (χ1) is 10.1. The lowest BCUT2D eigenvalue weighted by atomic mass is 9.85. The van der Waals surface area contributed by atoms with Crippen molar-refractivity contribution in [1.29, 1.82) is 0 Å². The van der Waals surface area contributed by atoms with E-state index in [1.54, 1.807) is 32.3 Å². The first-order valence-corrected chi connectivity index (χ1v) is 8.70. The van der Waals surface area contributed by atoms with Gasteiger partial charge < -0.3 is 0 Å². The predicted octanol–water partition coefficient (Wildman–Crippen LogP) is 3.90. The van der Waals surface area contributed by atoms with Crippen molar-refractivity contribution in [3.8, 4) is 11.1 Å². The van der Waals surface area contributed by atoms with E-state index in [0.29, 0.717) is 4.90 Å². The van der Waals surface area contributed by atoms with Crippen LogP contribution in [-0.2, 0) is 15.4 Å². The van der Waals surface area contributed by atoms with Gasteiger partial charge in [0, 0.05) is 14.1 Å². The molecule has 0 radical (unpaired) electrons. The zero-order valence-electron chi connectivity index (χ0n) is 13.8. The summed E-state index contributed by atoms with van der Waals surface area (Å²) in [6.45, 7) is 6.50. The summed E-state index contributed by atoms with van der Waals surface area (Å²) in [4.78, 5) is 0.316. The molecule has 0 unspecified atom stereocenters. The molecule has 0 aromatic heterocycles. The lowest BCUT2D eigenvalue weighted by molar-refractivity contribution is 0.521. The van der Waals surface area contributed by atoms with Crippen LogP contribution in [0.1, 0.15) is 26.3 Å². The van der Waals surface area contributed by atoms with Crippen molar-refractivity contribution < 1.29 is 8.42 Å². The molecule has 0 spiro atoms. The summed E-state index contributed by atoms with van der Waals surface area (Å²) in [7, 11) is -0.325. The van der Waals surface area contributed by atoms with Crippen molar-refractivity contribution in [1.82, 2.24) is 4.31 Å². The van der Waals surface area contributed by atoms with Crippen LogP contribution in [0.5, 0.6) is 0 Å². The van der Waals surface area contributed by atoms with E-state index in [4.69, 9.17) is 0 Å². The van der Waals surface area contributed by atoms with Gasteiger partial charge in [-0.25, -0.2) is 12.7 Å². The Morgan fingerprint density at radius 2 is 1.41 bits per heavy atom. The van der Waals surface area contributed by atoms with E-state index < -0.39 is 10.0 Å². The monoisotopic (exact) mass is 317 g/mol. The van der Waals surface area contributed by atoms with Crippen molar-refractivity contribution in [2.45, 2.75) is 31.1 Å². The fourth-order valence-corrected chi connectivity index (χ4v) is 3.16. The van der Waals surface area contributed by atoms with Gasteiger partial charge in [0.05, 0.1) is 4.90 Å². The molecule has 2 rings (SSSR count). The lowest BCUT2D eigenvalue weighted by Gasteiger charge is -2.20. The molecule has 0 aliphatic carbocycles. The maximum Gasteiger partial charge on any atom is 0.242 e. The molecule has 0 bridgehead atoms. The molecule has 0 aliphatic rings. The van der Waals surface area contributed by atoms with E-state index in [2.05, 4.69) is 32.9 Å². The van der Waals surface area contributed by atoms with Gasteiger partial charge in [0.1, 0.15) is 0 Å². The Kier molecular flexibility index (Phi) is 4.45. The minimum atomic E-state index is -3.41. The van der Waals surface area contributed by atoms with Crippen LogP contribution < -0.4 is 0 Å². The van der Waals surface area contributed by atoms with Crippen LogP contribution >= 0.6 is 0 Å². The van der Waals surface area contributed by atoms with Crippen molar-refractivity contribution in [2.75, 3.05) is 14.1 Å². The molecule has 0 fully saturated rings. The summed E-state index contributed by atoms with van der Waals surface area (Å²) in [5, 5.41) is 0. The molecule has 4 heteroatoms. The van der Waals surface area contributed by atoms with E-state index in [0.717, 1.165) is 11.1 Å². The zero-order chi connectivity index (χ0) is 16.5. The first-order valence-electron chi connectivity index (χ1n) is 7.26. The van der Waals surface area contributed by atoms with Crippen LogP contribution in [0.4, 0.5) is 0 Å². The summed E-state index contributed by atoms with van der Waals surface area (Å²) in [6.07, 6.45) is 0. The molecule has 0 atom stereocenters. The summed E-state index contributed by atoms with van der Waals surface area (Å²) < 4.78 is 25.8. The third kappa shape index (κ3) is 3.39. The highest BCUT2D eigenvalue weighted by Crippen LogP contribution is 2.29. The SMILES string of the molecule is CN(C)S(=O)(=O)c1cccc(-c2cccc(C(C)(C)C)c2)c1. The fraction of sp³-hybridized carbons (Fsp3) is 0.333. The van der Waals surface area contributed by atoms with Gasteiger partial charge in [-0.1, -0.05) is 57.2 Å². The Hall–Kier alpha value is -1.65. The van der Waals surface area contributed by atoms with Crippen molar-refractivity contribution >= 4 is 10.0 Å². The van der Waals surface area contributed by atoms with E-state index in [9.17, 15) is 8.42 Å². The topological polar surface area (TPSA) is 37.4 Å². The predicted molar refractivity (Wildman–Crippen MR) is 91.5 cm³/mol. The summed E-state index contributed by atoms with van der Waals surface area (Å²) in [5.41, 5.74) is 3.23. The molecule has 3 nitrogen and oxygen atoms in total. The summed E-state index contributed by atoms with van der Waals surface area (Å²) in [5.74, 6) is 0. The van der Waals surface area contributed by atoms with Crippen molar-refractivity contribution in [2.24, 2.45) is 0 Å². The van der Waals surface area contributed by atoms with Gasteiger partial charge in [-0.05, 0) is 34.2 Å². The minimum absolute atomic E-state index is 0.0589. The lowest BCUT2D eigenvalue weighted by Crippen LogP contribution is -2.22. The third-order valence-electron chi connectivity index (χ3n) is 3.67. The second-order valence-corrected chi connectivity index (χ2v) is 8.80. The van der Waals surface area contributed by atoms with Gasteiger partial charge in [-0.3, -0.25) is 0 Å². The van der Waals surface area contributed by atoms with Gasteiger partial charge in [0.25, 0.3) is 0 Å². The molecule has 22 heavy (non-hydrogen) atoms. The molecule has 2 aromatic rings. The number of hydrogen-bond donors (Lipinski definition) is 0. The van der Waals surface area contributed by atoms with Gasteiger partial charge >= 0.3 is 0 Å². The second kappa shape index (κ2) is 5.86. The molecular formula is C18H23NO2S. The Balaban J connectivity index is 2.52. The van der Waals surface area contributed by atoms with Crippen molar-refractivity contribution in [3.63, 3.8) is 0 Å². The van der Waals surface area contributed by atoms with Gasteiger partial charge in [0.2, 0.25) is 10.0 Å². The number of nitrogens with zero attached hydrogens (tertiary/aromatic N) is 1. The molecule has 2 aromatic carbocycles. The molecule has 0 aliphatic heterocycles. The highest BCUT2D eigenvalue weighted by Gasteiger charge is 2.18. The van der Waals surface area contributed by atoms with E-state index in [1.165, 1.54) is 9.87 Å². The highest BCUT2D eigenvalue weighted by molar-refractivity contribution is 7.89. The average molecular weight is 317 g/mol. The number of hydrogen-bond acceptors (Lipinski definition) is 2. The molecule has 0 amide bonds. The Morgan fingerprint density at radius 1 is 0.864 bits per heavy atom. The Labute approximate surface area is 133 Å². The maximum absolute atomic E-state index is 12.3. The Bertz CT molecular complexity index is 772. The quantitative estimate of drug-likeness (QED) is 0.861. The fourth-order valence-electron chi connectivity index (χ4n) is 2.21. The molecule has 0 saturated heterocycles. The minimum Gasteiger partial charge on any atom is -0.207 e. The Morgan fingerprint density at radius 3 is 1.95 bits per heavy atom. The van der Waals surface area contributed by atoms with Crippen LogP contribution in [0, 0.1) is 0 Å². The van der Waals surface area contributed by atoms with Gasteiger partial charge in [-0.15, -0.1) is 0 Å².